The topological polar surface area (TPSA) is 53.1 Å². The van der Waals surface area contributed by atoms with E-state index in [-0.39, 0.29) is 5.92 Å². The van der Waals surface area contributed by atoms with E-state index in [9.17, 15) is 0 Å². The van der Waals surface area contributed by atoms with Gasteiger partial charge in [-0.3, -0.25) is 4.90 Å². The average Bonchev–Trinajstić information content (AvgIpc) is 2.81. The first-order chi connectivity index (χ1) is 8.20. The van der Waals surface area contributed by atoms with Crippen LogP contribution in [0.15, 0.2) is 16.9 Å². The van der Waals surface area contributed by atoms with Gasteiger partial charge in [-0.2, -0.15) is 5.26 Å². The van der Waals surface area contributed by atoms with Crippen molar-refractivity contribution in [1.29, 1.82) is 5.26 Å². The molecule has 1 aliphatic rings. The molecule has 2 unspecified atom stereocenters. The molecule has 0 bridgehead atoms. The van der Waals surface area contributed by atoms with E-state index < -0.39 is 0 Å². The van der Waals surface area contributed by atoms with Crippen LogP contribution in [0.4, 0.5) is 0 Å². The van der Waals surface area contributed by atoms with Crippen molar-refractivity contribution in [3.63, 3.8) is 0 Å². The zero-order valence-corrected chi connectivity index (χ0v) is 10.5. The zero-order valence-electron chi connectivity index (χ0n) is 10.5. The van der Waals surface area contributed by atoms with E-state index in [1.807, 2.05) is 6.07 Å². The lowest BCUT2D eigenvalue weighted by Gasteiger charge is -2.37. The molecular weight excluding hydrogens is 214 g/mol. The van der Waals surface area contributed by atoms with E-state index in [4.69, 9.17) is 9.78 Å². The quantitative estimate of drug-likeness (QED) is 0.803. The number of hydrogen-bond acceptors (Lipinski definition) is 4. The van der Waals surface area contributed by atoms with Crippen molar-refractivity contribution < 1.29 is 4.52 Å². The summed E-state index contributed by atoms with van der Waals surface area (Å²) in [7, 11) is 0. The Morgan fingerprint density at radius 1 is 1.65 bits per heavy atom. The molecule has 1 saturated heterocycles. The first kappa shape index (κ1) is 12.1. The van der Waals surface area contributed by atoms with Crippen molar-refractivity contribution in [2.45, 2.75) is 26.8 Å². The second-order valence-corrected chi connectivity index (χ2v) is 5.16. The average molecular weight is 233 g/mol. The predicted molar refractivity (Wildman–Crippen MR) is 63.8 cm³/mol. The Kier molecular flexibility index (Phi) is 3.80. The molecule has 1 aromatic rings. The van der Waals surface area contributed by atoms with Gasteiger partial charge in [0.15, 0.2) is 0 Å². The standard InChI is InChI=1S/C13H19N3O/c1-10(2)13-9-16(5-3-11(13)7-14)8-12-4-6-17-15-12/h4,6,10-11,13H,3,5,8-9H2,1-2H3. The second-order valence-electron chi connectivity index (χ2n) is 5.16. The maximum absolute atomic E-state index is 9.16. The van der Waals surface area contributed by atoms with Crippen molar-refractivity contribution in [1.82, 2.24) is 10.1 Å². The molecule has 1 aliphatic heterocycles. The summed E-state index contributed by atoms with van der Waals surface area (Å²) in [6, 6.07) is 4.36. The molecule has 0 aliphatic carbocycles. The summed E-state index contributed by atoms with van der Waals surface area (Å²) in [5, 5.41) is 13.1. The molecule has 4 heteroatoms. The van der Waals surface area contributed by atoms with E-state index in [0.717, 1.165) is 31.7 Å². The van der Waals surface area contributed by atoms with Gasteiger partial charge in [-0.05, 0) is 24.8 Å². The Morgan fingerprint density at radius 3 is 3.06 bits per heavy atom. The van der Waals surface area contributed by atoms with Crippen LogP contribution in [0.5, 0.6) is 0 Å². The van der Waals surface area contributed by atoms with Gasteiger partial charge < -0.3 is 4.52 Å². The van der Waals surface area contributed by atoms with Crippen LogP contribution in [-0.2, 0) is 6.54 Å². The molecule has 0 saturated carbocycles. The first-order valence-corrected chi connectivity index (χ1v) is 6.22. The molecule has 2 heterocycles. The monoisotopic (exact) mass is 233 g/mol. The Hall–Kier alpha value is -1.34. The molecule has 1 fully saturated rings. The minimum Gasteiger partial charge on any atom is -0.364 e. The van der Waals surface area contributed by atoms with Crippen molar-refractivity contribution >= 4 is 0 Å². The van der Waals surface area contributed by atoms with Crippen LogP contribution in [-0.4, -0.2) is 23.1 Å². The van der Waals surface area contributed by atoms with Gasteiger partial charge in [0, 0.05) is 19.2 Å². The van der Waals surface area contributed by atoms with Gasteiger partial charge in [-0.1, -0.05) is 19.0 Å². The van der Waals surface area contributed by atoms with Crippen LogP contribution in [0.1, 0.15) is 26.0 Å². The Balaban J connectivity index is 1.97. The minimum absolute atomic E-state index is 0.212. The van der Waals surface area contributed by atoms with Crippen LogP contribution in [0.3, 0.4) is 0 Å². The number of hydrogen-bond donors (Lipinski definition) is 0. The van der Waals surface area contributed by atoms with E-state index in [2.05, 4.69) is 30.0 Å². The van der Waals surface area contributed by atoms with Crippen LogP contribution in [0, 0.1) is 29.1 Å². The van der Waals surface area contributed by atoms with Crippen LogP contribution in [0.25, 0.3) is 0 Å². The Bertz CT molecular complexity index is 380. The van der Waals surface area contributed by atoms with Gasteiger partial charge in [0.2, 0.25) is 0 Å². The lowest BCUT2D eigenvalue weighted by molar-refractivity contribution is 0.106. The smallest absolute Gasteiger partial charge is 0.124 e. The molecule has 0 radical (unpaired) electrons. The molecule has 0 aromatic carbocycles. The fourth-order valence-corrected chi connectivity index (χ4v) is 2.58. The predicted octanol–water partition coefficient (Wildman–Crippen LogP) is 2.29. The van der Waals surface area contributed by atoms with E-state index in [0.29, 0.717) is 11.8 Å². The van der Waals surface area contributed by atoms with Crippen molar-refractivity contribution in [3.8, 4) is 6.07 Å². The maximum Gasteiger partial charge on any atom is 0.124 e. The molecule has 1 aromatic heterocycles. The minimum atomic E-state index is 0.212. The molecule has 17 heavy (non-hydrogen) atoms. The third-order valence-electron chi connectivity index (χ3n) is 3.64. The van der Waals surface area contributed by atoms with Crippen LogP contribution < -0.4 is 0 Å². The molecule has 0 N–H and O–H groups in total. The summed E-state index contributed by atoms with van der Waals surface area (Å²) in [5.74, 6) is 1.24. The van der Waals surface area contributed by atoms with Gasteiger partial charge in [0.25, 0.3) is 0 Å². The third kappa shape index (κ3) is 2.86. The van der Waals surface area contributed by atoms with Crippen LogP contribution in [0.2, 0.25) is 0 Å². The highest BCUT2D eigenvalue weighted by atomic mass is 16.5. The highest BCUT2D eigenvalue weighted by Gasteiger charge is 2.31. The molecule has 4 nitrogen and oxygen atoms in total. The van der Waals surface area contributed by atoms with Crippen molar-refractivity contribution in [2.75, 3.05) is 13.1 Å². The summed E-state index contributed by atoms with van der Waals surface area (Å²) in [5.41, 5.74) is 0.975. The molecule has 0 amide bonds. The molecule has 92 valence electrons. The van der Waals surface area contributed by atoms with E-state index >= 15 is 0 Å². The summed E-state index contributed by atoms with van der Waals surface area (Å²) in [4.78, 5) is 2.37. The zero-order chi connectivity index (χ0) is 12.3. The molecule has 2 rings (SSSR count). The van der Waals surface area contributed by atoms with Gasteiger partial charge in [-0.15, -0.1) is 0 Å². The largest absolute Gasteiger partial charge is 0.364 e. The maximum atomic E-state index is 9.16. The first-order valence-electron chi connectivity index (χ1n) is 6.22. The summed E-state index contributed by atoms with van der Waals surface area (Å²) in [6.07, 6.45) is 2.58. The van der Waals surface area contributed by atoms with Crippen molar-refractivity contribution in [3.05, 3.63) is 18.0 Å². The van der Waals surface area contributed by atoms with E-state index in [1.165, 1.54) is 0 Å². The second kappa shape index (κ2) is 5.33. The van der Waals surface area contributed by atoms with Gasteiger partial charge in [0.05, 0.1) is 17.7 Å². The van der Waals surface area contributed by atoms with Gasteiger partial charge in [0.1, 0.15) is 6.26 Å². The lowest BCUT2D eigenvalue weighted by Crippen LogP contribution is -2.41. The number of likely N-dealkylation sites (tertiary alicyclic amines) is 1. The summed E-state index contributed by atoms with van der Waals surface area (Å²) < 4.78 is 4.84. The third-order valence-corrected chi connectivity index (χ3v) is 3.64. The Labute approximate surface area is 102 Å². The van der Waals surface area contributed by atoms with Crippen LogP contribution >= 0.6 is 0 Å². The Morgan fingerprint density at radius 2 is 2.47 bits per heavy atom. The molecule has 0 spiro atoms. The number of rotatable bonds is 3. The van der Waals surface area contributed by atoms with Crippen molar-refractivity contribution in [2.24, 2.45) is 17.8 Å². The molecule has 2 atom stereocenters. The number of aromatic nitrogens is 1. The van der Waals surface area contributed by atoms with Gasteiger partial charge >= 0.3 is 0 Å². The van der Waals surface area contributed by atoms with E-state index in [1.54, 1.807) is 6.26 Å². The lowest BCUT2D eigenvalue weighted by atomic mass is 9.79. The fraction of sp³-hybridized carbons (Fsp3) is 0.692. The SMILES string of the molecule is CC(C)C1CN(Cc2ccon2)CCC1C#N. The highest BCUT2D eigenvalue weighted by molar-refractivity contribution is 4.98. The number of nitrogens with zero attached hydrogens (tertiary/aromatic N) is 3. The number of piperidine rings is 1. The fourth-order valence-electron chi connectivity index (χ4n) is 2.58. The molecular formula is C13H19N3O. The normalized spacial score (nSPS) is 26.0. The summed E-state index contributed by atoms with van der Waals surface area (Å²) >= 11 is 0. The highest BCUT2D eigenvalue weighted by Crippen LogP contribution is 2.29. The van der Waals surface area contributed by atoms with Gasteiger partial charge in [-0.25, -0.2) is 0 Å². The number of nitriles is 1. The summed E-state index contributed by atoms with van der Waals surface area (Å²) in [6.45, 7) is 7.21.